The van der Waals surface area contributed by atoms with Crippen molar-refractivity contribution >= 4 is 11.0 Å². The summed E-state index contributed by atoms with van der Waals surface area (Å²) in [4.78, 5) is 19.5. The molecule has 0 aliphatic carbocycles. The molecule has 2 aromatic carbocycles. The van der Waals surface area contributed by atoms with Crippen LogP contribution in [0.5, 0.6) is 5.75 Å². The minimum atomic E-state index is -0.181. The standard InChI is InChI=1S/C21H19N3O3/c25-11-4-12-27-17-9-7-15(8-10-17)18-13-24(16-5-2-1-3-6-16)20-19(18)22-14-23-21(20)26/h1-3,5-10,13-14,25H,4,11-12H2,(H,22,23,26). The lowest BCUT2D eigenvalue weighted by Gasteiger charge is -2.06. The SMILES string of the molecule is O=c1[nH]cnc2c(-c3ccc(OCCCO)cc3)cn(-c3ccccc3)c12. The van der Waals surface area contributed by atoms with Gasteiger partial charge in [0.25, 0.3) is 5.56 Å². The average molecular weight is 361 g/mol. The van der Waals surface area contributed by atoms with E-state index in [0.717, 1.165) is 22.6 Å². The summed E-state index contributed by atoms with van der Waals surface area (Å²) in [5.41, 5.74) is 3.71. The Morgan fingerprint density at radius 2 is 1.85 bits per heavy atom. The Kier molecular flexibility index (Phi) is 4.72. The summed E-state index contributed by atoms with van der Waals surface area (Å²) in [6, 6.07) is 17.4. The van der Waals surface area contributed by atoms with Gasteiger partial charge in [-0.15, -0.1) is 0 Å². The number of aliphatic hydroxyl groups is 1. The Hall–Kier alpha value is -3.38. The molecule has 0 radical (unpaired) electrons. The summed E-state index contributed by atoms with van der Waals surface area (Å²) in [5.74, 6) is 0.741. The third kappa shape index (κ3) is 3.35. The number of aliphatic hydroxyl groups excluding tert-OH is 1. The van der Waals surface area contributed by atoms with Crippen LogP contribution in [-0.4, -0.2) is 32.9 Å². The molecule has 0 aliphatic heterocycles. The van der Waals surface area contributed by atoms with Crippen LogP contribution >= 0.6 is 0 Å². The van der Waals surface area contributed by atoms with E-state index in [1.807, 2.05) is 65.4 Å². The first-order valence-corrected chi connectivity index (χ1v) is 8.76. The zero-order valence-corrected chi connectivity index (χ0v) is 14.6. The van der Waals surface area contributed by atoms with E-state index in [4.69, 9.17) is 9.84 Å². The molecule has 0 bridgehead atoms. The largest absolute Gasteiger partial charge is 0.494 e. The van der Waals surface area contributed by atoms with Crippen molar-refractivity contribution in [1.82, 2.24) is 14.5 Å². The van der Waals surface area contributed by atoms with Crippen LogP contribution in [0.15, 0.2) is 71.9 Å². The first kappa shape index (κ1) is 17.1. The summed E-state index contributed by atoms with van der Waals surface area (Å²) in [7, 11) is 0. The molecule has 0 atom stereocenters. The fourth-order valence-electron chi connectivity index (χ4n) is 3.06. The number of H-pyrrole nitrogens is 1. The van der Waals surface area contributed by atoms with Crippen LogP contribution in [0.2, 0.25) is 0 Å². The molecular weight excluding hydrogens is 342 g/mol. The molecule has 0 aliphatic rings. The molecule has 27 heavy (non-hydrogen) atoms. The molecule has 2 N–H and O–H groups in total. The number of aromatic amines is 1. The highest BCUT2D eigenvalue weighted by Gasteiger charge is 2.15. The van der Waals surface area contributed by atoms with Crippen LogP contribution in [0.4, 0.5) is 0 Å². The number of hydrogen-bond donors (Lipinski definition) is 2. The zero-order valence-electron chi connectivity index (χ0n) is 14.6. The molecule has 6 nitrogen and oxygen atoms in total. The number of fused-ring (bicyclic) bond motifs is 1. The van der Waals surface area contributed by atoms with E-state index >= 15 is 0 Å². The van der Waals surface area contributed by atoms with Crippen molar-refractivity contribution in [3.63, 3.8) is 0 Å². The van der Waals surface area contributed by atoms with Gasteiger partial charge in [0, 0.05) is 30.5 Å². The van der Waals surface area contributed by atoms with Gasteiger partial charge in [-0.2, -0.15) is 0 Å². The first-order chi connectivity index (χ1) is 13.3. The van der Waals surface area contributed by atoms with E-state index in [1.54, 1.807) is 0 Å². The third-order valence-corrected chi connectivity index (χ3v) is 4.35. The zero-order chi connectivity index (χ0) is 18.6. The van der Waals surface area contributed by atoms with E-state index < -0.39 is 0 Å². The Morgan fingerprint density at radius 3 is 2.59 bits per heavy atom. The maximum absolute atomic E-state index is 12.5. The van der Waals surface area contributed by atoms with E-state index in [0.29, 0.717) is 24.1 Å². The smallest absolute Gasteiger partial charge is 0.275 e. The minimum Gasteiger partial charge on any atom is -0.494 e. The second-order valence-electron chi connectivity index (χ2n) is 6.13. The fraction of sp³-hybridized carbons (Fsp3) is 0.143. The quantitative estimate of drug-likeness (QED) is 0.517. The van der Waals surface area contributed by atoms with Gasteiger partial charge in [0.15, 0.2) is 0 Å². The molecule has 0 saturated heterocycles. The number of aromatic nitrogens is 3. The lowest BCUT2D eigenvalue weighted by molar-refractivity contribution is 0.233. The molecular formula is C21H19N3O3. The van der Waals surface area contributed by atoms with Crippen LogP contribution in [-0.2, 0) is 0 Å². The third-order valence-electron chi connectivity index (χ3n) is 4.35. The highest BCUT2D eigenvalue weighted by atomic mass is 16.5. The molecule has 0 amide bonds. The molecule has 2 aromatic heterocycles. The van der Waals surface area contributed by atoms with E-state index in [1.165, 1.54) is 6.33 Å². The first-order valence-electron chi connectivity index (χ1n) is 8.76. The monoisotopic (exact) mass is 361 g/mol. The second-order valence-corrected chi connectivity index (χ2v) is 6.13. The van der Waals surface area contributed by atoms with Gasteiger partial charge in [-0.1, -0.05) is 30.3 Å². The Balaban J connectivity index is 1.79. The maximum Gasteiger partial charge on any atom is 0.275 e. The summed E-state index contributed by atoms with van der Waals surface area (Å²) >= 11 is 0. The van der Waals surface area contributed by atoms with Crippen LogP contribution in [0.1, 0.15) is 6.42 Å². The average Bonchev–Trinajstić information content (AvgIpc) is 3.10. The van der Waals surface area contributed by atoms with E-state index in [-0.39, 0.29) is 12.2 Å². The molecule has 0 fully saturated rings. The van der Waals surface area contributed by atoms with Crippen molar-refractivity contribution in [2.45, 2.75) is 6.42 Å². The van der Waals surface area contributed by atoms with Gasteiger partial charge in [0.1, 0.15) is 16.8 Å². The lowest BCUT2D eigenvalue weighted by Crippen LogP contribution is -2.09. The van der Waals surface area contributed by atoms with Crippen LogP contribution in [0, 0.1) is 0 Å². The summed E-state index contributed by atoms with van der Waals surface area (Å²) in [6.07, 6.45) is 3.96. The van der Waals surface area contributed by atoms with Crippen molar-refractivity contribution < 1.29 is 9.84 Å². The van der Waals surface area contributed by atoms with Gasteiger partial charge in [-0.05, 0) is 29.8 Å². The van der Waals surface area contributed by atoms with Gasteiger partial charge in [-0.25, -0.2) is 4.98 Å². The fourth-order valence-corrected chi connectivity index (χ4v) is 3.06. The molecule has 0 unspecified atom stereocenters. The van der Waals surface area contributed by atoms with Gasteiger partial charge >= 0.3 is 0 Å². The Labute approximate surface area is 155 Å². The molecule has 2 heterocycles. The molecule has 6 heteroatoms. The van der Waals surface area contributed by atoms with Crippen molar-refractivity contribution in [3.05, 3.63) is 77.5 Å². The van der Waals surface area contributed by atoms with Crippen LogP contribution in [0.25, 0.3) is 27.8 Å². The number of ether oxygens (including phenoxy) is 1. The van der Waals surface area contributed by atoms with Gasteiger partial charge in [-0.3, -0.25) is 4.79 Å². The normalized spacial score (nSPS) is 11.0. The topological polar surface area (TPSA) is 80.1 Å². The van der Waals surface area contributed by atoms with Gasteiger partial charge in [0.2, 0.25) is 0 Å². The number of nitrogens with one attached hydrogen (secondary N) is 1. The van der Waals surface area contributed by atoms with Crippen LogP contribution < -0.4 is 10.3 Å². The molecule has 0 saturated carbocycles. The van der Waals surface area contributed by atoms with Crippen molar-refractivity contribution in [2.75, 3.05) is 13.2 Å². The lowest BCUT2D eigenvalue weighted by atomic mass is 10.1. The summed E-state index contributed by atoms with van der Waals surface area (Å²) in [6.45, 7) is 0.581. The molecule has 4 aromatic rings. The Morgan fingerprint density at radius 1 is 1.07 bits per heavy atom. The molecule has 0 spiro atoms. The second kappa shape index (κ2) is 7.47. The molecule has 4 rings (SSSR count). The number of para-hydroxylation sites is 1. The van der Waals surface area contributed by atoms with Crippen molar-refractivity contribution in [3.8, 4) is 22.6 Å². The number of benzene rings is 2. The minimum absolute atomic E-state index is 0.108. The number of rotatable bonds is 6. The predicted octanol–water partition coefficient (Wildman–Crippen LogP) is 3.14. The van der Waals surface area contributed by atoms with E-state index in [9.17, 15) is 4.79 Å². The Bertz CT molecular complexity index is 1100. The van der Waals surface area contributed by atoms with Crippen molar-refractivity contribution in [2.24, 2.45) is 0 Å². The highest BCUT2D eigenvalue weighted by molar-refractivity contribution is 5.93. The number of hydrogen-bond acceptors (Lipinski definition) is 4. The van der Waals surface area contributed by atoms with E-state index in [2.05, 4.69) is 9.97 Å². The molecule has 136 valence electrons. The summed E-state index contributed by atoms with van der Waals surface area (Å²) < 4.78 is 7.45. The maximum atomic E-state index is 12.5. The van der Waals surface area contributed by atoms with Gasteiger partial charge in [0.05, 0.1) is 12.9 Å². The predicted molar refractivity (Wildman–Crippen MR) is 104 cm³/mol. The van der Waals surface area contributed by atoms with Crippen molar-refractivity contribution in [1.29, 1.82) is 0 Å². The van der Waals surface area contributed by atoms with Gasteiger partial charge < -0.3 is 19.4 Å². The highest BCUT2D eigenvalue weighted by Crippen LogP contribution is 2.30. The number of nitrogens with zero attached hydrogens (tertiary/aromatic N) is 2. The van der Waals surface area contributed by atoms with Crippen LogP contribution in [0.3, 0.4) is 0 Å². The summed E-state index contributed by atoms with van der Waals surface area (Å²) in [5, 5.41) is 8.84.